The average Bonchev–Trinajstić information content (AvgIpc) is 2.26. The largest absolute Gasteiger partial charge is 0.466 e. The molecule has 0 rings (SSSR count). The topological polar surface area (TPSA) is 61.8 Å². The Bertz CT molecular complexity index is 278. The summed E-state index contributed by atoms with van der Waals surface area (Å²) in [5.74, 6) is 1.14. The predicted octanol–water partition coefficient (Wildman–Crippen LogP) is 3.11. The molecule has 0 atom stereocenters. The van der Waals surface area contributed by atoms with E-state index in [1.165, 1.54) is 5.82 Å². The van der Waals surface area contributed by atoms with Crippen LogP contribution in [0.3, 0.4) is 0 Å². The van der Waals surface area contributed by atoms with E-state index in [1.807, 2.05) is 0 Å². The Balaban J connectivity index is 4.09. The van der Waals surface area contributed by atoms with Crippen LogP contribution in [0.4, 0.5) is 0 Å². The molecule has 0 amide bonds. The molecule has 0 aromatic rings. The number of ether oxygens (including phenoxy) is 1. The second-order valence-corrected chi connectivity index (χ2v) is 5.00. The number of allylic oxidation sites excluding steroid dienone is 1. The van der Waals surface area contributed by atoms with E-state index >= 15 is 0 Å². The second kappa shape index (κ2) is 9.40. The van der Waals surface area contributed by atoms with E-state index < -0.39 is 7.60 Å². The molecule has 0 bridgehead atoms. The van der Waals surface area contributed by atoms with Gasteiger partial charge in [0, 0.05) is 12.2 Å². The molecule has 0 heterocycles. The minimum atomic E-state index is -3.13. The molecule has 0 saturated heterocycles. The van der Waals surface area contributed by atoms with Gasteiger partial charge in [0.1, 0.15) is 0 Å². The Morgan fingerprint density at radius 1 is 1.12 bits per heavy atom. The third-order valence-electron chi connectivity index (χ3n) is 1.73. The Morgan fingerprint density at radius 3 is 2.18 bits per heavy atom. The summed E-state index contributed by atoms with van der Waals surface area (Å²) in [6, 6.07) is 0. The van der Waals surface area contributed by atoms with Crippen LogP contribution >= 0.6 is 7.60 Å². The Hall–Kier alpha value is -0.640. The van der Waals surface area contributed by atoms with Gasteiger partial charge in [0.15, 0.2) is 0 Å². The molecule has 100 valence electrons. The highest BCUT2D eigenvalue weighted by Crippen LogP contribution is 2.49. The van der Waals surface area contributed by atoms with Gasteiger partial charge in [-0.25, -0.2) is 0 Å². The van der Waals surface area contributed by atoms with Crippen molar-refractivity contribution < 1.29 is 23.1 Å². The van der Waals surface area contributed by atoms with Crippen molar-refractivity contribution in [2.75, 3.05) is 19.8 Å². The molecule has 0 aliphatic carbocycles. The summed E-state index contributed by atoms with van der Waals surface area (Å²) in [4.78, 5) is 11.0. The molecule has 0 aromatic carbocycles. The molecule has 0 saturated carbocycles. The number of hydrogen-bond donors (Lipinski definition) is 0. The van der Waals surface area contributed by atoms with E-state index in [9.17, 15) is 9.36 Å². The molecule has 0 radical (unpaired) electrons. The molecular formula is C11H21O5P. The lowest BCUT2D eigenvalue weighted by atomic mass is 10.3. The normalized spacial score (nSPS) is 11.9. The van der Waals surface area contributed by atoms with E-state index in [0.717, 1.165) is 0 Å². The van der Waals surface area contributed by atoms with Gasteiger partial charge in [-0.05, 0) is 27.2 Å². The maximum absolute atomic E-state index is 11.9. The number of hydrogen-bond acceptors (Lipinski definition) is 5. The molecule has 0 aromatic heterocycles. The third-order valence-corrected chi connectivity index (χ3v) is 3.54. The summed E-state index contributed by atoms with van der Waals surface area (Å²) in [5, 5.41) is 0. The fraction of sp³-hybridized carbons (Fsp3) is 0.727. The molecule has 0 fully saturated rings. The van der Waals surface area contributed by atoms with Crippen LogP contribution in [0.5, 0.6) is 0 Å². The van der Waals surface area contributed by atoms with Crippen LogP contribution in [-0.4, -0.2) is 25.8 Å². The molecule has 0 unspecified atom stereocenters. The van der Waals surface area contributed by atoms with E-state index in [0.29, 0.717) is 26.2 Å². The van der Waals surface area contributed by atoms with Crippen LogP contribution in [0, 0.1) is 0 Å². The number of esters is 1. The molecule has 5 nitrogen and oxygen atoms in total. The summed E-state index contributed by atoms with van der Waals surface area (Å²) in [5.41, 5.74) is 0. The minimum Gasteiger partial charge on any atom is -0.466 e. The zero-order valence-electron chi connectivity index (χ0n) is 10.7. The van der Waals surface area contributed by atoms with Crippen molar-refractivity contribution in [2.24, 2.45) is 0 Å². The molecular weight excluding hydrogens is 243 g/mol. The van der Waals surface area contributed by atoms with E-state index in [4.69, 9.17) is 13.8 Å². The first-order valence-corrected chi connectivity index (χ1v) is 7.41. The predicted molar refractivity (Wildman–Crippen MR) is 65.9 cm³/mol. The summed E-state index contributed by atoms with van der Waals surface area (Å²) >= 11 is 0. The molecule has 17 heavy (non-hydrogen) atoms. The lowest BCUT2D eigenvalue weighted by molar-refractivity contribution is -0.143. The highest BCUT2D eigenvalue weighted by molar-refractivity contribution is 7.57. The Labute approximate surface area is 103 Å². The number of carbonyl (C=O) groups is 1. The van der Waals surface area contributed by atoms with Gasteiger partial charge in [0.25, 0.3) is 0 Å². The SMILES string of the molecule is CCOC(=O)CC/C=C/P(=O)(OCC)OCC. The first kappa shape index (κ1) is 16.4. The highest BCUT2D eigenvalue weighted by Gasteiger charge is 2.18. The monoisotopic (exact) mass is 264 g/mol. The second-order valence-electron chi connectivity index (χ2n) is 3.10. The first-order valence-electron chi connectivity index (χ1n) is 5.80. The molecule has 6 heteroatoms. The van der Waals surface area contributed by atoms with Gasteiger partial charge in [-0.3, -0.25) is 9.36 Å². The van der Waals surface area contributed by atoms with Crippen molar-refractivity contribution in [3.05, 3.63) is 11.9 Å². The molecule has 0 spiro atoms. The lowest BCUT2D eigenvalue weighted by Gasteiger charge is -2.12. The minimum absolute atomic E-state index is 0.264. The summed E-state index contributed by atoms with van der Waals surface area (Å²) in [6.07, 6.45) is 2.36. The summed E-state index contributed by atoms with van der Waals surface area (Å²) < 4.78 is 26.8. The van der Waals surface area contributed by atoms with Crippen molar-refractivity contribution in [3.8, 4) is 0 Å². The zero-order chi connectivity index (χ0) is 13.1. The van der Waals surface area contributed by atoms with Gasteiger partial charge < -0.3 is 13.8 Å². The van der Waals surface area contributed by atoms with Crippen LogP contribution in [0.15, 0.2) is 11.9 Å². The average molecular weight is 264 g/mol. The molecule has 0 aliphatic rings. The summed E-state index contributed by atoms with van der Waals surface area (Å²) in [7, 11) is -3.13. The van der Waals surface area contributed by atoms with Gasteiger partial charge in [-0.1, -0.05) is 6.08 Å². The van der Waals surface area contributed by atoms with Crippen molar-refractivity contribution in [1.82, 2.24) is 0 Å². The number of carbonyl (C=O) groups excluding carboxylic acids is 1. The van der Waals surface area contributed by atoms with Gasteiger partial charge >= 0.3 is 13.6 Å². The maximum atomic E-state index is 11.9. The Morgan fingerprint density at radius 2 is 1.71 bits per heavy atom. The standard InChI is InChI=1S/C11H21O5P/c1-4-14-11(12)9-7-8-10-17(13,15-5-2)16-6-3/h8,10H,4-7,9H2,1-3H3/b10-8+. The van der Waals surface area contributed by atoms with Gasteiger partial charge in [-0.15, -0.1) is 0 Å². The fourth-order valence-electron chi connectivity index (χ4n) is 1.12. The van der Waals surface area contributed by atoms with Crippen LogP contribution < -0.4 is 0 Å². The van der Waals surface area contributed by atoms with Crippen molar-refractivity contribution in [3.63, 3.8) is 0 Å². The van der Waals surface area contributed by atoms with Crippen molar-refractivity contribution in [2.45, 2.75) is 33.6 Å². The van der Waals surface area contributed by atoms with Crippen LogP contribution in [0.2, 0.25) is 0 Å². The summed E-state index contributed by atoms with van der Waals surface area (Å²) in [6.45, 7) is 6.26. The van der Waals surface area contributed by atoms with Crippen molar-refractivity contribution >= 4 is 13.6 Å². The third kappa shape index (κ3) is 8.13. The smallest absolute Gasteiger partial charge is 0.353 e. The maximum Gasteiger partial charge on any atom is 0.353 e. The van der Waals surface area contributed by atoms with E-state index in [2.05, 4.69) is 0 Å². The van der Waals surface area contributed by atoms with Gasteiger partial charge in [-0.2, -0.15) is 0 Å². The fourth-order valence-corrected chi connectivity index (χ4v) is 2.49. The highest BCUT2D eigenvalue weighted by atomic mass is 31.2. The van der Waals surface area contributed by atoms with Crippen LogP contribution in [0.1, 0.15) is 33.6 Å². The lowest BCUT2D eigenvalue weighted by Crippen LogP contribution is -2.02. The number of rotatable bonds is 9. The Kier molecular flexibility index (Phi) is 9.04. The van der Waals surface area contributed by atoms with Crippen molar-refractivity contribution in [1.29, 1.82) is 0 Å². The van der Waals surface area contributed by atoms with E-state index in [1.54, 1.807) is 26.8 Å². The zero-order valence-corrected chi connectivity index (χ0v) is 11.6. The first-order chi connectivity index (χ1) is 8.08. The van der Waals surface area contributed by atoms with E-state index in [-0.39, 0.29) is 12.4 Å². The quantitative estimate of drug-likeness (QED) is 0.473. The van der Waals surface area contributed by atoms with Gasteiger partial charge in [0.2, 0.25) is 0 Å². The molecule has 0 N–H and O–H groups in total. The van der Waals surface area contributed by atoms with Gasteiger partial charge in [0.05, 0.1) is 19.8 Å². The van der Waals surface area contributed by atoms with Crippen LogP contribution in [-0.2, 0) is 23.1 Å². The molecule has 0 aliphatic heterocycles. The van der Waals surface area contributed by atoms with Crippen LogP contribution in [0.25, 0.3) is 0 Å².